The van der Waals surface area contributed by atoms with Crippen molar-refractivity contribution in [3.05, 3.63) is 0 Å². The van der Waals surface area contributed by atoms with Gasteiger partial charge in [0.2, 0.25) is 0 Å². The van der Waals surface area contributed by atoms with Crippen LogP contribution in [-0.4, -0.2) is 36.8 Å². The van der Waals surface area contributed by atoms with Crippen LogP contribution < -0.4 is 0 Å². The van der Waals surface area contributed by atoms with E-state index in [0.717, 1.165) is 18.3 Å². The predicted molar refractivity (Wildman–Crippen MR) is 55.7 cm³/mol. The second kappa shape index (κ2) is 5.61. The summed E-state index contributed by atoms with van der Waals surface area (Å²) < 4.78 is 0. The molecule has 1 aliphatic heterocycles. The van der Waals surface area contributed by atoms with Gasteiger partial charge in [-0.3, -0.25) is 0 Å². The molecule has 0 aromatic heterocycles. The van der Waals surface area contributed by atoms with Gasteiger partial charge in [-0.1, -0.05) is 13.3 Å². The highest BCUT2D eigenvalue weighted by Gasteiger charge is 2.25. The molecule has 0 amide bonds. The smallest absolute Gasteiger partial charge is 0.0431 e. The van der Waals surface area contributed by atoms with Crippen LogP contribution >= 0.6 is 0 Å². The largest absolute Gasteiger partial charge is 0.396 e. The lowest BCUT2D eigenvalue weighted by Crippen LogP contribution is -2.19. The van der Waals surface area contributed by atoms with Gasteiger partial charge in [0, 0.05) is 13.2 Å². The van der Waals surface area contributed by atoms with Crippen LogP contribution in [-0.2, 0) is 0 Å². The third-order valence-electron chi connectivity index (χ3n) is 3.35. The summed E-state index contributed by atoms with van der Waals surface area (Å²) in [5.41, 5.74) is 0. The highest BCUT2D eigenvalue weighted by Crippen LogP contribution is 2.28. The zero-order valence-corrected chi connectivity index (χ0v) is 9.00. The molecule has 0 aliphatic carbocycles. The maximum Gasteiger partial charge on any atom is 0.0431 e. The van der Waals surface area contributed by atoms with Gasteiger partial charge in [0.25, 0.3) is 0 Å². The SMILES string of the molecule is CCC(CCCO)C1CCN(C)C1. The molecule has 78 valence electrons. The Kier molecular flexibility index (Phi) is 4.74. The van der Waals surface area contributed by atoms with E-state index in [1.54, 1.807) is 0 Å². The van der Waals surface area contributed by atoms with Gasteiger partial charge >= 0.3 is 0 Å². The summed E-state index contributed by atoms with van der Waals surface area (Å²) >= 11 is 0. The molecule has 0 spiro atoms. The number of rotatable bonds is 5. The van der Waals surface area contributed by atoms with Crippen molar-refractivity contribution in [1.82, 2.24) is 4.90 Å². The molecular weight excluding hydrogens is 162 g/mol. The number of hydrogen-bond acceptors (Lipinski definition) is 2. The van der Waals surface area contributed by atoms with Crippen molar-refractivity contribution < 1.29 is 5.11 Å². The van der Waals surface area contributed by atoms with Crippen LogP contribution in [0.15, 0.2) is 0 Å². The maximum absolute atomic E-state index is 8.80. The van der Waals surface area contributed by atoms with Crippen molar-refractivity contribution in [3.8, 4) is 0 Å². The molecule has 1 aliphatic rings. The molecule has 0 aromatic carbocycles. The second-order valence-electron chi connectivity index (χ2n) is 4.35. The monoisotopic (exact) mass is 185 g/mol. The topological polar surface area (TPSA) is 23.5 Å². The Bertz CT molecular complexity index is 138. The Morgan fingerprint density at radius 3 is 2.77 bits per heavy atom. The Morgan fingerprint density at radius 2 is 2.31 bits per heavy atom. The van der Waals surface area contributed by atoms with E-state index in [1.807, 2.05) is 0 Å². The summed E-state index contributed by atoms with van der Waals surface area (Å²) in [7, 11) is 2.21. The van der Waals surface area contributed by atoms with Crippen molar-refractivity contribution in [2.24, 2.45) is 11.8 Å². The van der Waals surface area contributed by atoms with E-state index in [-0.39, 0.29) is 0 Å². The molecule has 2 nitrogen and oxygen atoms in total. The van der Waals surface area contributed by atoms with Crippen LogP contribution in [0.2, 0.25) is 0 Å². The van der Waals surface area contributed by atoms with E-state index in [4.69, 9.17) is 5.11 Å². The standard InChI is InChI=1S/C11H23NO/c1-3-10(5-4-8-13)11-6-7-12(2)9-11/h10-11,13H,3-9H2,1-2H3. The van der Waals surface area contributed by atoms with Gasteiger partial charge in [-0.25, -0.2) is 0 Å². The molecule has 1 heterocycles. The summed E-state index contributed by atoms with van der Waals surface area (Å²) in [6.07, 6.45) is 4.84. The van der Waals surface area contributed by atoms with Crippen LogP contribution in [0.5, 0.6) is 0 Å². The van der Waals surface area contributed by atoms with Gasteiger partial charge < -0.3 is 10.0 Å². The van der Waals surface area contributed by atoms with Gasteiger partial charge in [-0.2, -0.15) is 0 Å². The van der Waals surface area contributed by atoms with Crippen LogP contribution in [0.4, 0.5) is 0 Å². The van der Waals surface area contributed by atoms with E-state index < -0.39 is 0 Å². The van der Waals surface area contributed by atoms with Crippen molar-refractivity contribution in [2.75, 3.05) is 26.7 Å². The molecule has 1 rings (SSSR count). The number of nitrogens with zero attached hydrogens (tertiary/aromatic N) is 1. The second-order valence-corrected chi connectivity index (χ2v) is 4.35. The highest BCUT2D eigenvalue weighted by molar-refractivity contribution is 4.78. The van der Waals surface area contributed by atoms with Crippen molar-refractivity contribution >= 4 is 0 Å². The summed E-state index contributed by atoms with van der Waals surface area (Å²) in [4.78, 5) is 2.42. The van der Waals surface area contributed by atoms with Gasteiger partial charge in [0.05, 0.1) is 0 Å². The minimum absolute atomic E-state index is 0.360. The average Bonchev–Trinajstić information content (AvgIpc) is 2.54. The molecule has 1 N–H and O–H groups in total. The number of likely N-dealkylation sites (tertiary alicyclic amines) is 1. The lowest BCUT2D eigenvalue weighted by molar-refractivity contribution is 0.240. The maximum atomic E-state index is 8.80. The van der Waals surface area contributed by atoms with Crippen LogP contribution in [0.1, 0.15) is 32.6 Å². The molecule has 2 atom stereocenters. The molecular formula is C11H23NO. The molecule has 13 heavy (non-hydrogen) atoms. The molecule has 1 fully saturated rings. The first-order valence-corrected chi connectivity index (χ1v) is 5.57. The summed E-state index contributed by atoms with van der Waals surface area (Å²) in [5.74, 6) is 1.73. The fourth-order valence-corrected chi connectivity index (χ4v) is 2.48. The lowest BCUT2D eigenvalue weighted by atomic mass is 9.86. The predicted octanol–water partition coefficient (Wildman–Crippen LogP) is 1.74. The first-order valence-electron chi connectivity index (χ1n) is 5.57. The molecule has 0 aromatic rings. The fourth-order valence-electron chi connectivity index (χ4n) is 2.48. The lowest BCUT2D eigenvalue weighted by Gasteiger charge is -2.21. The highest BCUT2D eigenvalue weighted by atomic mass is 16.2. The van der Waals surface area contributed by atoms with Crippen molar-refractivity contribution in [3.63, 3.8) is 0 Å². The Balaban J connectivity index is 2.29. The van der Waals surface area contributed by atoms with Crippen LogP contribution in [0, 0.1) is 11.8 Å². The van der Waals surface area contributed by atoms with E-state index in [1.165, 1.54) is 32.4 Å². The van der Waals surface area contributed by atoms with Gasteiger partial charge in [0.15, 0.2) is 0 Å². The Labute approximate surface area is 81.9 Å². The minimum atomic E-state index is 0.360. The van der Waals surface area contributed by atoms with Gasteiger partial charge in [0.1, 0.15) is 0 Å². The quantitative estimate of drug-likeness (QED) is 0.705. The molecule has 1 saturated heterocycles. The molecule has 2 heteroatoms. The van der Waals surface area contributed by atoms with E-state index in [0.29, 0.717) is 6.61 Å². The zero-order chi connectivity index (χ0) is 9.68. The Morgan fingerprint density at radius 1 is 1.54 bits per heavy atom. The number of aliphatic hydroxyl groups is 1. The van der Waals surface area contributed by atoms with Crippen LogP contribution in [0.3, 0.4) is 0 Å². The van der Waals surface area contributed by atoms with E-state index in [9.17, 15) is 0 Å². The number of hydrogen-bond donors (Lipinski definition) is 1. The minimum Gasteiger partial charge on any atom is -0.396 e. The Hall–Kier alpha value is -0.0800. The van der Waals surface area contributed by atoms with Crippen molar-refractivity contribution in [2.45, 2.75) is 32.6 Å². The third kappa shape index (κ3) is 3.28. The molecule has 0 bridgehead atoms. The first-order chi connectivity index (χ1) is 6.27. The average molecular weight is 185 g/mol. The summed E-state index contributed by atoms with van der Waals surface area (Å²) in [5, 5.41) is 8.80. The first kappa shape index (κ1) is 11.0. The summed E-state index contributed by atoms with van der Waals surface area (Å²) in [6.45, 7) is 5.17. The molecule has 2 unspecified atom stereocenters. The van der Waals surface area contributed by atoms with Gasteiger partial charge in [-0.05, 0) is 44.7 Å². The van der Waals surface area contributed by atoms with E-state index >= 15 is 0 Å². The fraction of sp³-hybridized carbons (Fsp3) is 1.00. The van der Waals surface area contributed by atoms with Crippen molar-refractivity contribution in [1.29, 1.82) is 0 Å². The molecule has 0 radical (unpaired) electrons. The van der Waals surface area contributed by atoms with E-state index in [2.05, 4.69) is 18.9 Å². The zero-order valence-electron chi connectivity index (χ0n) is 9.00. The van der Waals surface area contributed by atoms with Gasteiger partial charge in [-0.15, -0.1) is 0 Å². The number of aliphatic hydroxyl groups excluding tert-OH is 1. The summed E-state index contributed by atoms with van der Waals surface area (Å²) in [6, 6.07) is 0. The normalized spacial score (nSPS) is 26.5. The third-order valence-corrected chi connectivity index (χ3v) is 3.35. The van der Waals surface area contributed by atoms with Crippen LogP contribution in [0.25, 0.3) is 0 Å². The molecule has 0 saturated carbocycles.